The summed E-state index contributed by atoms with van der Waals surface area (Å²) in [6, 6.07) is 13.5. The van der Waals surface area contributed by atoms with Crippen molar-refractivity contribution in [2.75, 3.05) is 11.9 Å². The molecule has 0 atom stereocenters. The Morgan fingerprint density at radius 3 is 2.64 bits per heavy atom. The fourth-order valence-electron chi connectivity index (χ4n) is 2.15. The summed E-state index contributed by atoms with van der Waals surface area (Å²) < 4.78 is 6.69. The zero-order valence-electron chi connectivity index (χ0n) is 13.0. The Morgan fingerprint density at radius 2 is 1.95 bits per heavy atom. The van der Waals surface area contributed by atoms with Crippen molar-refractivity contribution < 1.29 is 9.53 Å². The monoisotopic (exact) mass is 361 g/mol. The molecule has 1 amide bonds. The van der Waals surface area contributed by atoms with E-state index in [9.17, 15) is 4.79 Å². The Labute approximate surface area is 139 Å². The van der Waals surface area contributed by atoms with Crippen LogP contribution in [-0.4, -0.2) is 12.5 Å². The van der Waals surface area contributed by atoms with E-state index in [1.54, 1.807) is 0 Å². The third-order valence-electron chi connectivity index (χ3n) is 3.34. The highest BCUT2D eigenvalue weighted by Crippen LogP contribution is 2.26. The molecule has 2 aromatic rings. The molecule has 0 saturated heterocycles. The molecule has 4 heteroatoms. The van der Waals surface area contributed by atoms with E-state index in [0.29, 0.717) is 5.92 Å². The molecule has 2 rings (SSSR count). The Morgan fingerprint density at radius 1 is 1.23 bits per heavy atom. The summed E-state index contributed by atoms with van der Waals surface area (Å²) in [6.07, 6.45) is 0. The molecule has 0 heterocycles. The number of anilines is 1. The quantitative estimate of drug-likeness (QED) is 0.822. The first-order valence-corrected chi connectivity index (χ1v) is 8.04. The van der Waals surface area contributed by atoms with E-state index >= 15 is 0 Å². The summed E-state index contributed by atoms with van der Waals surface area (Å²) >= 11 is 3.44. The van der Waals surface area contributed by atoms with Gasteiger partial charge in [0.25, 0.3) is 5.91 Å². The minimum atomic E-state index is -0.166. The number of aryl methyl sites for hydroxylation is 1. The van der Waals surface area contributed by atoms with Gasteiger partial charge in [0.2, 0.25) is 0 Å². The lowest BCUT2D eigenvalue weighted by atomic mass is 10.0. The number of nitrogens with one attached hydrogen (secondary N) is 1. The van der Waals surface area contributed by atoms with E-state index in [0.717, 1.165) is 27.0 Å². The number of hydrogen-bond acceptors (Lipinski definition) is 2. The lowest BCUT2D eigenvalue weighted by Gasteiger charge is -2.14. The molecule has 0 saturated carbocycles. The predicted octanol–water partition coefficient (Wildman–Crippen LogP) is 4.90. The standard InChI is InChI=1S/C18H20BrNO2/c1-12(2)15-6-4-5-7-17(15)22-11-18(21)20-14-8-9-16(19)13(3)10-14/h4-10,12H,11H2,1-3H3,(H,20,21). The predicted molar refractivity (Wildman–Crippen MR) is 93.5 cm³/mol. The number of ether oxygens (including phenoxy) is 1. The van der Waals surface area contributed by atoms with Crippen molar-refractivity contribution in [3.8, 4) is 5.75 Å². The number of carbonyl (C=O) groups excluding carboxylic acids is 1. The zero-order valence-corrected chi connectivity index (χ0v) is 14.6. The highest BCUT2D eigenvalue weighted by atomic mass is 79.9. The molecule has 3 nitrogen and oxygen atoms in total. The van der Waals surface area contributed by atoms with Crippen LogP contribution >= 0.6 is 15.9 Å². The van der Waals surface area contributed by atoms with E-state index in [4.69, 9.17) is 4.74 Å². The fraction of sp³-hybridized carbons (Fsp3) is 0.278. The lowest BCUT2D eigenvalue weighted by Crippen LogP contribution is -2.20. The van der Waals surface area contributed by atoms with E-state index in [-0.39, 0.29) is 12.5 Å². The maximum Gasteiger partial charge on any atom is 0.262 e. The molecule has 0 aliphatic heterocycles. The summed E-state index contributed by atoms with van der Waals surface area (Å²) in [5.41, 5.74) is 2.95. The van der Waals surface area contributed by atoms with Crippen molar-refractivity contribution in [3.05, 3.63) is 58.1 Å². The van der Waals surface area contributed by atoms with Crippen LogP contribution in [-0.2, 0) is 4.79 Å². The first-order valence-electron chi connectivity index (χ1n) is 7.25. The molecule has 0 bridgehead atoms. The van der Waals surface area contributed by atoms with Crippen molar-refractivity contribution in [2.24, 2.45) is 0 Å². The molecular formula is C18H20BrNO2. The largest absolute Gasteiger partial charge is 0.483 e. The van der Waals surface area contributed by atoms with Crippen molar-refractivity contribution in [1.29, 1.82) is 0 Å². The molecule has 2 aromatic carbocycles. The average Bonchev–Trinajstić information content (AvgIpc) is 2.49. The van der Waals surface area contributed by atoms with Crippen LogP contribution in [0.2, 0.25) is 0 Å². The van der Waals surface area contributed by atoms with Gasteiger partial charge in [0.05, 0.1) is 0 Å². The van der Waals surface area contributed by atoms with Crippen LogP contribution in [0.25, 0.3) is 0 Å². The second kappa shape index (κ2) is 7.45. The molecule has 0 fully saturated rings. The first kappa shape index (κ1) is 16.6. The Hall–Kier alpha value is -1.81. The van der Waals surface area contributed by atoms with Gasteiger partial charge < -0.3 is 10.1 Å². The van der Waals surface area contributed by atoms with Gasteiger partial charge in [-0.25, -0.2) is 0 Å². The number of benzene rings is 2. The molecule has 0 aliphatic rings. The van der Waals surface area contributed by atoms with Gasteiger partial charge in [-0.05, 0) is 48.2 Å². The third kappa shape index (κ3) is 4.34. The zero-order chi connectivity index (χ0) is 16.1. The van der Waals surface area contributed by atoms with Crippen LogP contribution in [0.1, 0.15) is 30.9 Å². The van der Waals surface area contributed by atoms with Gasteiger partial charge in [0.1, 0.15) is 5.75 Å². The number of hydrogen-bond donors (Lipinski definition) is 1. The van der Waals surface area contributed by atoms with Gasteiger partial charge in [0.15, 0.2) is 6.61 Å². The Balaban J connectivity index is 1.97. The average molecular weight is 362 g/mol. The highest BCUT2D eigenvalue weighted by Gasteiger charge is 2.09. The fourth-order valence-corrected chi connectivity index (χ4v) is 2.40. The van der Waals surface area contributed by atoms with Crippen molar-refractivity contribution in [1.82, 2.24) is 0 Å². The van der Waals surface area contributed by atoms with Crippen LogP contribution in [0.5, 0.6) is 5.75 Å². The minimum Gasteiger partial charge on any atom is -0.483 e. The topological polar surface area (TPSA) is 38.3 Å². The molecular weight excluding hydrogens is 342 g/mol. The molecule has 22 heavy (non-hydrogen) atoms. The van der Waals surface area contributed by atoms with E-state index < -0.39 is 0 Å². The van der Waals surface area contributed by atoms with Crippen molar-refractivity contribution in [2.45, 2.75) is 26.7 Å². The van der Waals surface area contributed by atoms with Crippen LogP contribution < -0.4 is 10.1 Å². The van der Waals surface area contributed by atoms with Crippen LogP contribution in [0.3, 0.4) is 0 Å². The van der Waals surface area contributed by atoms with Crippen molar-refractivity contribution >= 4 is 27.5 Å². The second-order valence-electron chi connectivity index (χ2n) is 5.49. The minimum absolute atomic E-state index is 0.00115. The number of rotatable bonds is 5. The second-order valence-corrected chi connectivity index (χ2v) is 6.35. The molecule has 0 aliphatic carbocycles. The van der Waals surface area contributed by atoms with E-state index in [2.05, 4.69) is 35.1 Å². The van der Waals surface area contributed by atoms with Gasteiger partial charge in [-0.2, -0.15) is 0 Å². The third-order valence-corrected chi connectivity index (χ3v) is 4.23. The maximum absolute atomic E-state index is 12.0. The highest BCUT2D eigenvalue weighted by molar-refractivity contribution is 9.10. The number of carbonyl (C=O) groups is 1. The maximum atomic E-state index is 12.0. The van der Waals surface area contributed by atoms with Gasteiger partial charge >= 0.3 is 0 Å². The normalized spacial score (nSPS) is 10.6. The molecule has 1 N–H and O–H groups in total. The molecule has 0 radical (unpaired) electrons. The van der Waals surface area contributed by atoms with Gasteiger partial charge in [-0.3, -0.25) is 4.79 Å². The molecule has 0 spiro atoms. The SMILES string of the molecule is Cc1cc(NC(=O)COc2ccccc2C(C)C)ccc1Br. The molecule has 116 valence electrons. The van der Waals surface area contributed by atoms with Gasteiger partial charge in [-0.1, -0.05) is 48.0 Å². The molecule has 0 aromatic heterocycles. The smallest absolute Gasteiger partial charge is 0.262 e. The van der Waals surface area contributed by atoms with Crippen LogP contribution in [0.4, 0.5) is 5.69 Å². The van der Waals surface area contributed by atoms with E-state index in [1.807, 2.05) is 49.4 Å². The first-order chi connectivity index (χ1) is 10.5. The van der Waals surface area contributed by atoms with Gasteiger partial charge in [-0.15, -0.1) is 0 Å². The van der Waals surface area contributed by atoms with E-state index in [1.165, 1.54) is 0 Å². The summed E-state index contributed by atoms with van der Waals surface area (Å²) in [6.45, 7) is 6.19. The number of amides is 1. The summed E-state index contributed by atoms with van der Waals surface area (Å²) in [7, 11) is 0. The molecule has 0 unspecified atom stereocenters. The summed E-state index contributed by atoms with van der Waals surface area (Å²) in [5.74, 6) is 0.952. The van der Waals surface area contributed by atoms with Crippen LogP contribution in [0.15, 0.2) is 46.9 Å². The van der Waals surface area contributed by atoms with Crippen molar-refractivity contribution in [3.63, 3.8) is 0 Å². The number of halogens is 1. The van der Waals surface area contributed by atoms with Crippen LogP contribution in [0, 0.1) is 6.92 Å². The summed E-state index contributed by atoms with van der Waals surface area (Å²) in [5, 5.41) is 2.84. The van der Waals surface area contributed by atoms with Gasteiger partial charge in [0, 0.05) is 10.2 Å². The summed E-state index contributed by atoms with van der Waals surface area (Å²) in [4.78, 5) is 12.0. The number of para-hydroxylation sites is 1. The lowest BCUT2D eigenvalue weighted by molar-refractivity contribution is -0.118. The Bertz CT molecular complexity index is 668. The Kier molecular flexibility index (Phi) is 5.61.